The largest absolute Gasteiger partial charge is 0.415 e. The number of anilines is 1. The normalized spacial score (nSPS) is 21.2. The van der Waals surface area contributed by atoms with Crippen molar-refractivity contribution in [3.05, 3.63) is 11.0 Å². The van der Waals surface area contributed by atoms with Gasteiger partial charge in [-0.15, -0.1) is 0 Å². The average Bonchev–Trinajstić information content (AvgIpc) is 3.15. The molecule has 8 heteroatoms. The number of aryl methyl sites for hydroxylation is 1. The van der Waals surface area contributed by atoms with Gasteiger partial charge in [-0.2, -0.15) is 15.1 Å². The van der Waals surface area contributed by atoms with Crippen LogP contribution in [-0.2, 0) is 4.43 Å². The summed E-state index contributed by atoms with van der Waals surface area (Å²) in [4.78, 5) is 11.7. The molecule has 160 valence electrons. The van der Waals surface area contributed by atoms with Gasteiger partial charge in [0.1, 0.15) is 5.82 Å². The highest BCUT2D eigenvalue weighted by molar-refractivity contribution is 6.74. The van der Waals surface area contributed by atoms with E-state index in [0.717, 1.165) is 48.5 Å². The molecule has 2 aromatic rings. The Morgan fingerprint density at radius 1 is 1.14 bits per heavy atom. The quantitative estimate of drug-likeness (QED) is 0.458. The Morgan fingerprint density at radius 3 is 2.48 bits per heavy atom. The van der Waals surface area contributed by atoms with E-state index in [-0.39, 0.29) is 5.04 Å². The molecule has 2 fully saturated rings. The summed E-state index contributed by atoms with van der Waals surface area (Å²) in [6, 6.07) is 0.769. The minimum atomic E-state index is -1.79. The Bertz CT molecular complexity index is 903. The van der Waals surface area contributed by atoms with Gasteiger partial charge in [0, 0.05) is 6.54 Å². The van der Waals surface area contributed by atoms with Crippen molar-refractivity contribution in [2.45, 2.75) is 90.0 Å². The van der Waals surface area contributed by atoms with E-state index in [0.29, 0.717) is 17.4 Å². The predicted octanol–water partition coefficient (Wildman–Crippen LogP) is 5.50. The molecule has 1 saturated heterocycles. The third kappa shape index (κ3) is 3.81. The zero-order valence-corrected chi connectivity index (χ0v) is 20.4. The van der Waals surface area contributed by atoms with Gasteiger partial charge in [-0.25, -0.2) is 4.68 Å². The maximum atomic E-state index is 6.57. The predicted molar refractivity (Wildman–Crippen MR) is 121 cm³/mol. The molecule has 0 aromatic carbocycles. The highest BCUT2D eigenvalue weighted by Gasteiger charge is 2.39. The monoisotopic (exact) mass is 435 g/mol. The van der Waals surface area contributed by atoms with E-state index in [2.05, 4.69) is 60.3 Å². The summed E-state index contributed by atoms with van der Waals surface area (Å²) in [6.07, 6.45) is 5.85. The first-order valence-corrected chi connectivity index (χ1v) is 14.2. The van der Waals surface area contributed by atoms with E-state index in [4.69, 9.17) is 21.1 Å². The topological polar surface area (TPSA) is 56.1 Å². The van der Waals surface area contributed by atoms with Crippen LogP contribution in [0.5, 0.6) is 0 Å². The molecule has 0 bridgehead atoms. The number of hydrogen-bond acceptors (Lipinski definition) is 5. The molecular weight excluding hydrogens is 402 g/mol. The maximum absolute atomic E-state index is 6.57. The highest BCUT2D eigenvalue weighted by atomic mass is 35.5. The van der Waals surface area contributed by atoms with Crippen LogP contribution < -0.4 is 4.90 Å². The van der Waals surface area contributed by atoms with Gasteiger partial charge >= 0.3 is 0 Å². The van der Waals surface area contributed by atoms with E-state index in [1.807, 2.05) is 0 Å². The van der Waals surface area contributed by atoms with Crippen LogP contribution in [-0.4, -0.2) is 47.3 Å². The summed E-state index contributed by atoms with van der Waals surface area (Å²) in [5.41, 5.74) is 1.88. The molecule has 4 rings (SSSR count). The van der Waals surface area contributed by atoms with Crippen LogP contribution in [0.1, 0.15) is 64.6 Å². The fourth-order valence-electron chi connectivity index (χ4n) is 4.06. The van der Waals surface area contributed by atoms with Crippen molar-refractivity contribution >= 4 is 36.8 Å². The molecule has 1 saturated carbocycles. The van der Waals surface area contributed by atoms with Crippen molar-refractivity contribution in [2.24, 2.45) is 0 Å². The van der Waals surface area contributed by atoms with E-state index in [9.17, 15) is 0 Å². The summed E-state index contributed by atoms with van der Waals surface area (Å²) in [5.74, 6) is 0.935. The molecule has 2 aliphatic rings. The van der Waals surface area contributed by atoms with Crippen LogP contribution >= 0.6 is 11.6 Å². The molecule has 1 aliphatic heterocycles. The smallest absolute Gasteiger partial charge is 0.226 e. The summed E-state index contributed by atoms with van der Waals surface area (Å²) in [5, 5.41) is 6.41. The van der Waals surface area contributed by atoms with E-state index < -0.39 is 8.32 Å². The minimum Gasteiger partial charge on any atom is -0.415 e. The first kappa shape index (κ1) is 21.1. The van der Waals surface area contributed by atoms with Gasteiger partial charge in [0.25, 0.3) is 0 Å². The summed E-state index contributed by atoms with van der Waals surface area (Å²) < 4.78 is 8.66. The van der Waals surface area contributed by atoms with Crippen LogP contribution in [0.3, 0.4) is 0 Å². The van der Waals surface area contributed by atoms with Crippen LogP contribution in [0.2, 0.25) is 23.4 Å². The number of aromatic nitrogens is 4. The molecule has 2 aromatic heterocycles. The van der Waals surface area contributed by atoms with Crippen molar-refractivity contribution in [1.29, 1.82) is 0 Å². The molecule has 1 unspecified atom stereocenters. The number of nitrogens with zero attached hydrogens (tertiary/aromatic N) is 5. The summed E-state index contributed by atoms with van der Waals surface area (Å²) in [6.45, 7) is 15.3. The van der Waals surface area contributed by atoms with Gasteiger partial charge in [-0.1, -0.05) is 20.8 Å². The van der Waals surface area contributed by atoms with Gasteiger partial charge in [0.15, 0.2) is 14.0 Å². The van der Waals surface area contributed by atoms with Gasteiger partial charge in [-0.05, 0) is 68.8 Å². The molecule has 6 nitrogen and oxygen atoms in total. The van der Waals surface area contributed by atoms with E-state index in [1.54, 1.807) is 0 Å². The number of fused-ring (bicyclic) bond motifs is 1. The van der Waals surface area contributed by atoms with Crippen molar-refractivity contribution in [2.75, 3.05) is 18.1 Å². The number of rotatable bonds is 5. The molecule has 0 N–H and O–H groups in total. The van der Waals surface area contributed by atoms with Crippen molar-refractivity contribution in [1.82, 2.24) is 19.7 Å². The molecule has 0 amide bonds. The molecule has 1 atom stereocenters. The van der Waals surface area contributed by atoms with Crippen molar-refractivity contribution in [3.63, 3.8) is 0 Å². The molecule has 1 aliphatic carbocycles. The number of halogens is 1. The van der Waals surface area contributed by atoms with Crippen LogP contribution in [0.4, 0.5) is 5.82 Å². The van der Waals surface area contributed by atoms with Gasteiger partial charge in [0.05, 0.1) is 29.8 Å². The van der Waals surface area contributed by atoms with Crippen LogP contribution in [0, 0.1) is 6.92 Å². The fourth-order valence-corrected chi connectivity index (χ4v) is 5.26. The Labute approximate surface area is 180 Å². The van der Waals surface area contributed by atoms with Crippen molar-refractivity contribution < 1.29 is 4.43 Å². The highest BCUT2D eigenvalue weighted by Crippen LogP contribution is 2.40. The first-order valence-electron chi connectivity index (χ1n) is 10.9. The lowest BCUT2D eigenvalue weighted by Gasteiger charge is -2.38. The summed E-state index contributed by atoms with van der Waals surface area (Å²) in [7, 11) is -1.79. The van der Waals surface area contributed by atoms with Crippen LogP contribution in [0.15, 0.2) is 0 Å². The lowest BCUT2D eigenvalue weighted by molar-refractivity contribution is 0.263. The minimum absolute atomic E-state index is 0.211. The lowest BCUT2D eigenvalue weighted by Crippen LogP contribution is -2.45. The molecule has 29 heavy (non-hydrogen) atoms. The maximum Gasteiger partial charge on any atom is 0.226 e. The van der Waals surface area contributed by atoms with Crippen molar-refractivity contribution in [3.8, 4) is 0 Å². The zero-order chi connectivity index (χ0) is 21.0. The van der Waals surface area contributed by atoms with Gasteiger partial charge in [-0.3, -0.25) is 0 Å². The standard InChI is InChI=1S/C21H34ClN5OSi/c1-14-17-18(23-20(22)24-19(17)27(25-14)15-9-7-10-15)26-12-8-11-16(26)13-28-29(5,6)21(2,3)4/h15-16H,7-13H2,1-6H3. The SMILES string of the molecule is Cc1nn(C2CCC2)c2nc(Cl)nc(N3CCCC3CO[Si](C)(C)C(C)(C)C)c12. The van der Waals surface area contributed by atoms with Crippen LogP contribution in [0.25, 0.3) is 11.0 Å². The fraction of sp³-hybridized carbons (Fsp3) is 0.762. The molecule has 3 heterocycles. The van der Waals surface area contributed by atoms with Gasteiger partial charge < -0.3 is 9.33 Å². The molecule has 0 spiro atoms. The average molecular weight is 436 g/mol. The Kier molecular flexibility index (Phi) is 5.45. The first-order chi connectivity index (χ1) is 13.6. The second-order valence-corrected chi connectivity index (χ2v) is 15.3. The van der Waals surface area contributed by atoms with Gasteiger partial charge in [0.2, 0.25) is 5.28 Å². The second kappa shape index (κ2) is 7.50. The Balaban J connectivity index is 1.65. The Morgan fingerprint density at radius 2 is 1.86 bits per heavy atom. The third-order valence-corrected chi connectivity index (χ3v) is 11.9. The third-order valence-electron chi connectivity index (χ3n) is 7.19. The zero-order valence-electron chi connectivity index (χ0n) is 18.6. The lowest BCUT2D eigenvalue weighted by atomic mass is 9.93. The van der Waals surface area contributed by atoms with E-state index in [1.165, 1.54) is 19.3 Å². The molecular formula is C21H34ClN5OSi. The summed E-state index contributed by atoms with van der Waals surface area (Å²) >= 11 is 6.39. The second-order valence-electron chi connectivity index (χ2n) is 10.2. The number of hydrogen-bond donors (Lipinski definition) is 0. The Hall–Kier alpha value is -1.18. The molecule has 0 radical (unpaired) electrons. The van der Waals surface area contributed by atoms with E-state index >= 15 is 0 Å².